The first-order valence-corrected chi connectivity index (χ1v) is 7.95. The van der Waals surface area contributed by atoms with Crippen LogP contribution in [0.5, 0.6) is 0 Å². The minimum Gasteiger partial charge on any atom is -0.465 e. The van der Waals surface area contributed by atoms with Crippen LogP contribution in [0.2, 0.25) is 0 Å². The molecular formula is C16H27NO4. The van der Waals surface area contributed by atoms with Crippen molar-refractivity contribution in [3.8, 4) is 0 Å². The summed E-state index contributed by atoms with van der Waals surface area (Å²) in [5, 5.41) is 0. The van der Waals surface area contributed by atoms with E-state index < -0.39 is 17.3 Å². The number of esters is 1. The van der Waals surface area contributed by atoms with Crippen LogP contribution in [-0.4, -0.2) is 48.7 Å². The Bertz CT molecular complexity index is 402. The highest BCUT2D eigenvalue weighted by Gasteiger charge is 2.46. The van der Waals surface area contributed by atoms with Gasteiger partial charge in [-0.15, -0.1) is 0 Å². The number of ether oxygens (including phenoxy) is 2. The summed E-state index contributed by atoms with van der Waals surface area (Å²) in [6.07, 6.45) is 3.20. The minimum absolute atomic E-state index is 0.0962. The van der Waals surface area contributed by atoms with Gasteiger partial charge < -0.3 is 14.4 Å². The first kappa shape index (κ1) is 16.3. The van der Waals surface area contributed by atoms with E-state index in [2.05, 4.69) is 0 Å². The summed E-state index contributed by atoms with van der Waals surface area (Å²) in [5.74, 6) is -1.24. The number of carbonyl (C=O) groups excluding carboxylic acids is 2. The summed E-state index contributed by atoms with van der Waals surface area (Å²) in [4.78, 5) is 27.1. The van der Waals surface area contributed by atoms with E-state index in [-0.39, 0.29) is 18.1 Å². The summed E-state index contributed by atoms with van der Waals surface area (Å²) in [5.41, 5.74) is -0.449. The zero-order valence-corrected chi connectivity index (χ0v) is 13.6. The molecule has 0 aromatic heterocycles. The molecule has 0 aromatic rings. The molecule has 2 aliphatic rings. The second kappa shape index (κ2) is 6.34. The summed E-state index contributed by atoms with van der Waals surface area (Å²) >= 11 is 0. The summed E-state index contributed by atoms with van der Waals surface area (Å²) < 4.78 is 10.9. The summed E-state index contributed by atoms with van der Waals surface area (Å²) in [7, 11) is 0. The molecular weight excluding hydrogens is 270 g/mol. The predicted molar refractivity (Wildman–Crippen MR) is 78.7 cm³/mol. The molecule has 0 bridgehead atoms. The fourth-order valence-corrected chi connectivity index (χ4v) is 3.42. The van der Waals surface area contributed by atoms with Crippen molar-refractivity contribution < 1.29 is 19.1 Å². The van der Waals surface area contributed by atoms with Crippen LogP contribution in [0, 0.1) is 11.3 Å². The quantitative estimate of drug-likeness (QED) is 0.590. The Labute approximate surface area is 127 Å². The number of morpholine rings is 1. The van der Waals surface area contributed by atoms with Crippen LogP contribution in [-0.2, 0) is 19.1 Å². The fourth-order valence-electron chi connectivity index (χ4n) is 3.42. The molecule has 1 saturated carbocycles. The molecule has 0 N–H and O–H groups in total. The van der Waals surface area contributed by atoms with Gasteiger partial charge in [-0.25, -0.2) is 0 Å². The van der Waals surface area contributed by atoms with Crippen LogP contribution < -0.4 is 0 Å². The number of nitrogens with zero attached hydrogens (tertiary/aromatic N) is 1. The maximum absolute atomic E-state index is 13.0. The lowest BCUT2D eigenvalue weighted by atomic mass is 9.79. The largest absolute Gasteiger partial charge is 0.465 e. The third kappa shape index (κ3) is 3.39. The molecule has 2 fully saturated rings. The van der Waals surface area contributed by atoms with Crippen LogP contribution in [0.1, 0.15) is 47.0 Å². The Hall–Kier alpha value is -1.10. The van der Waals surface area contributed by atoms with Crippen molar-refractivity contribution in [2.24, 2.45) is 11.3 Å². The van der Waals surface area contributed by atoms with Gasteiger partial charge in [0.2, 0.25) is 5.91 Å². The van der Waals surface area contributed by atoms with Crippen molar-refractivity contribution in [3.05, 3.63) is 0 Å². The number of carbonyl (C=O) groups is 2. The van der Waals surface area contributed by atoms with Crippen molar-refractivity contribution in [3.63, 3.8) is 0 Å². The van der Waals surface area contributed by atoms with Crippen LogP contribution in [0.25, 0.3) is 0 Å². The zero-order chi connectivity index (χ0) is 15.6. The Morgan fingerprint density at radius 1 is 1.33 bits per heavy atom. The van der Waals surface area contributed by atoms with E-state index in [0.717, 1.165) is 19.3 Å². The lowest BCUT2D eigenvalue weighted by Gasteiger charge is -2.41. The van der Waals surface area contributed by atoms with Gasteiger partial charge in [-0.05, 0) is 31.6 Å². The smallest absolute Gasteiger partial charge is 0.319 e. The second-order valence-corrected chi connectivity index (χ2v) is 6.99. The molecule has 3 unspecified atom stereocenters. The molecule has 1 saturated heterocycles. The SMILES string of the molecule is CCOC(=O)C(C(=O)N1CCOC2CCCC21)C(C)(C)C. The molecule has 2 rings (SSSR count). The lowest BCUT2D eigenvalue weighted by molar-refractivity contribution is -0.166. The van der Waals surface area contributed by atoms with Gasteiger partial charge in [0.15, 0.2) is 0 Å². The minimum atomic E-state index is -0.739. The third-order valence-corrected chi connectivity index (χ3v) is 4.40. The first-order valence-electron chi connectivity index (χ1n) is 7.95. The van der Waals surface area contributed by atoms with Gasteiger partial charge in [0.25, 0.3) is 0 Å². The molecule has 1 heterocycles. The predicted octanol–water partition coefficient (Wildman–Crippen LogP) is 1.99. The van der Waals surface area contributed by atoms with Gasteiger partial charge in [0.1, 0.15) is 5.92 Å². The van der Waals surface area contributed by atoms with Crippen molar-refractivity contribution >= 4 is 11.9 Å². The van der Waals surface area contributed by atoms with Crippen LogP contribution in [0.4, 0.5) is 0 Å². The normalized spacial score (nSPS) is 27.1. The maximum Gasteiger partial charge on any atom is 0.319 e. The average molecular weight is 297 g/mol. The molecule has 0 aromatic carbocycles. The van der Waals surface area contributed by atoms with E-state index in [1.54, 1.807) is 6.92 Å². The molecule has 1 aliphatic heterocycles. The van der Waals surface area contributed by atoms with Gasteiger partial charge in [-0.1, -0.05) is 20.8 Å². The molecule has 120 valence electrons. The Morgan fingerprint density at radius 2 is 2.05 bits per heavy atom. The Balaban J connectivity index is 2.19. The summed E-state index contributed by atoms with van der Waals surface area (Å²) in [6, 6.07) is 0.130. The molecule has 1 aliphatic carbocycles. The van der Waals surface area contributed by atoms with Crippen LogP contribution in [0.15, 0.2) is 0 Å². The van der Waals surface area contributed by atoms with Gasteiger partial charge in [-0.2, -0.15) is 0 Å². The highest BCUT2D eigenvalue weighted by atomic mass is 16.5. The fraction of sp³-hybridized carbons (Fsp3) is 0.875. The maximum atomic E-state index is 13.0. The second-order valence-electron chi connectivity index (χ2n) is 6.99. The molecule has 5 heteroatoms. The number of fused-ring (bicyclic) bond motifs is 1. The van der Waals surface area contributed by atoms with E-state index in [1.165, 1.54) is 0 Å². The molecule has 5 nitrogen and oxygen atoms in total. The molecule has 1 amide bonds. The van der Waals surface area contributed by atoms with Crippen molar-refractivity contribution in [1.82, 2.24) is 4.90 Å². The molecule has 0 spiro atoms. The van der Waals surface area contributed by atoms with E-state index in [1.807, 2.05) is 25.7 Å². The van der Waals surface area contributed by atoms with Crippen molar-refractivity contribution in [2.45, 2.75) is 59.1 Å². The molecule has 0 radical (unpaired) electrons. The number of hydrogen-bond acceptors (Lipinski definition) is 4. The van der Waals surface area contributed by atoms with E-state index in [4.69, 9.17) is 9.47 Å². The Morgan fingerprint density at radius 3 is 2.67 bits per heavy atom. The van der Waals surface area contributed by atoms with E-state index in [0.29, 0.717) is 19.8 Å². The number of hydrogen-bond donors (Lipinski definition) is 0. The van der Waals surface area contributed by atoms with Gasteiger partial charge in [0.05, 0.1) is 25.4 Å². The van der Waals surface area contributed by atoms with Gasteiger partial charge >= 0.3 is 5.97 Å². The lowest BCUT2D eigenvalue weighted by Crippen LogP contribution is -2.56. The molecule has 3 atom stereocenters. The number of rotatable bonds is 3. The van der Waals surface area contributed by atoms with E-state index >= 15 is 0 Å². The van der Waals surface area contributed by atoms with Crippen LogP contribution >= 0.6 is 0 Å². The topological polar surface area (TPSA) is 55.8 Å². The highest BCUT2D eigenvalue weighted by Crippen LogP contribution is 2.34. The van der Waals surface area contributed by atoms with E-state index in [9.17, 15) is 9.59 Å². The first-order chi connectivity index (χ1) is 9.86. The summed E-state index contributed by atoms with van der Waals surface area (Å²) in [6.45, 7) is 8.95. The van der Waals surface area contributed by atoms with Crippen molar-refractivity contribution in [2.75, 3.05) is 19.8 Å². The van der Waals surface area contributed by atoms with Crippen LogP contribution in [0.3, 0.4) is 0 Å². The van der Waals surface area contributed by atoms with Crippen molar-refractivity contribution in [1.29, 1.82) is 0 Å². The number of amides is 1. The third-order valence-electron chi connectivity index (χ3n) is 4.40. The van der Waals surface area contributed by atoms with Gasteiger partial charge in [-0.3, -0.25) is 9.59 Å². The standard InChI is InChI=1S/C16H27NO4/c1-5-20-15(19)13(16(2,3)4)14(18)17-9-10-21-12-8-6-7-11(12)17/h11-13H,5-10H2,1-4H3. The van der Waals surface area contributed by atoms with Gasteiger partial charge in [0, 0.05) is 6.54 Å². The Kier molecular flexibility index (Phi) is 4.91. The highest BCUT2D eigenvalue weighted by molar-refractivity contribution is 5.98. The monoisotopic (exact) mass is 297 g/mol. The average Bonchev–Trinajstić information content (AvgIpc) is 2.85. The molecule has 21 heavy (non-hydrogen) atoms. The zero-order valence-electron chi connectivity index (χ0n) is 13.6.